The molecule has 3 aromatic rings. The number of imidazole rings is 1. The molecular formula is C12H9N3OS. The predicted octanol–water partition coefficient (Wildman–Crippen LogP) is 2.40. The zero-order chi connectivity index (χ0) is 11.7. The highest BCUT2D eigenvalue weighted by atomic mass is 32.2. The van der Waals surface area contributed by atoms with Crippen molar-refractivity contribution in [2.24, 2.45) is 0 Å². The molecule has 0 aliphatic carbocycles. The Kier molecular flexibility index (Phi) is 2.45. The van der Waals surface area contributed by atoms with Gasteiger partial charge in [0.15, 0.2) is 5.65 Å². The summed E-state index contributed by atoms with van der Waals surface area (Å²) in [4.78, 5) is 21.9. The zero-order valence-corrected chi connectivity index (χ0v) is 9.62. The van der Waals surface area contributed by atoms with Crippen LogP contribution in [0.3, 0.4) is 0 Å². The average molecular weight is 243 g/mol. The third-order valence-corrected chi connectivity index (χ3v) is 3.26. The number of rotatable bonds is 2. The van der Waals surface area contributed by atoms with E-state index in [0.717, 1.165) is 15.4 Å². The van der Waals surface area contributed by atoms with Crippen molar-refractivity contribution in [1.82, 2.24) is 15.0 Å². The molecule has 5 heteroatoms. The van der Waals surface area contributed by atoms with E-state index in [4.69, 9.17) is 0 Å². The number of H-pyrrole nitrogens is 2. The van der Waals surface area contributed by atoms with Crippen LogP contribution in [0.2, 0.25) is 0 Å². The van der Waals surface area contributed by atoms with Crippen molar-refractivity contribution >= 4 is 22.9 Å². The Labute approximate surface area is 101 Å². The molecule has 0 amide bonds. The van der Waals surface area contributed by atoms with Crippen molar-refractivity contribution < 1.29 is 0 Å². The number of benzene rings is 1. The molecule has 84 valence electrons. The molecule has 0 bridgehead atoms. The molecule has 0 aliphatic heterocycles. The van der Waals surface area contributed by atoms with E-state index < -0.39 is 0 Å². The molecular weight excluding hydrogens is 234 g/mol. The number of nitrogens with zero attached hydrogens (tertiary/aromatic N) is 1. The van der Waals surface area contributed by atoms with Crippen molar-refractivity contribution in [1.29, 1.82) is 0 Å². The molecule has 4 nitrogen and oxygen atoms in total. The summed E-state index contributed by atoms with van der Waals surface area (Å²) in [6.07, 6.45) is 0. The van der Waals surface area contributed by atoms with Crippen molar-refractivity contribution in [2.45, 2.75) is 9.92 Å². The van der Waals surface area contributed by atoms with Crippen LogP contribution in [0.1, 0.15) is 0 Å². The third kappa shape index (κ3) is 2.09. The molecule has 2 N–H and O–H groups in total. The Morgan fingerprint density at radius 3 is 2.65 bits per heavy atom. The molecule has 0 fully saturated rings. The SMILES string of the molecule is O=c1[nH]c2ccc(Sc3ccccc3)nc2[nH]1. The van der Waals surface area contributed by atoms with Crippen LogP contribution in [0.15, 0.2) is 57.2 Å². The van der Waals surface area contributed by atoms with Crippen LogP contribution in [-0.2, 0) is 0 Å². The Morgan fingerprint density at radius 1 is 1.00 bits per heavy atom. The minimum atomic E-state index is -0.227. The van der Waals surface area contributed by atoms with Gasteiger partial charge >= 0.3 is 5.69 Å². The van der Waals surface area contributed by atoms with Gasteiger partial charge in [-0.3, -0.25) is 4.98 Å². The van der Waals surface area contributed by atoms with Crippen molar-refractivity contribution in [3.8, 4) is 0 Å². The molecule has 1 aromatic carbocycles. The first-order chi connectivity index (χ1) is 8.31. The molecule has 0 aliphatic rings. The highest BCUT2D eigenvalue weighted by molar-refractivity contribution is 7.99. The lowest BCUT2D eigenvalue weighted by Crippen LogP contribution is -1.99. The second-order valence-electron chi connectivity index (χ2n) is 3.54. The first-order valence-corrected chi connectivity index (χ1v) is 5.95. The normalized spacial score (nSPS) is 10.8. The van der Waals surface area contributed by atoms with E-state index in [1.54, 1.807) is 11.8 Å². The summed E-state index contributed by atoms with van der Waals surface area (Å²) in [7, 11) is 0. The van der Waals surface area contributed by atoms with E-state index in [2.05, 4.69) is 15.0 Å². The van der Waals surface area contributed by atoms with E-state index in [0.29, 0.717) is 5.65 Å². The standard InChI is InChI=1S/C12H9N3OS/c16-12-13-9-6-7-10(14-11(9)15-12)17-8-4-2-1-3-5-8/h1-7H,(H2,13,14,15,16). The summed E-state index contributed by atoms with van der Waals surface area (Å²) in [6, 6.07) is 13.7. The number of pyridine rings is 1. The fourth-order valence-corrected chi connectivity index (χ4v) is 2.37. The minimum Gasteiger partial charge on any atom is -0.304 e. The van der Waals surface area contributed by atoms with Crippen molar-refractivity contribution in [3.63, 3.8) is 0 Å². The number of nitrogens with one attached hydrogen (secondary N) is 2. The maximum Gasteiger partial charge on any atom is 0.325 e. The van der Waals surface area contributed by atoms with Gasteiger partial charge in [-0.25, -0.2) is 9.78 Å². The van der Waals surface area contributed by atoms with Gasteiger partial charge in [0.2, 0.25) is 0 Å². The van der Waals surface area contributed by atoms with Gasteiger partial charge in [0, 0.05) is 4.90 Å². The van der Waals surface area contributed by atoms with E-state index >= 15 is 0 Å². The molecule has 0 radical (unpaired) electrons. The highest BCUT2D eigenvalue weighted by Gasteiger charge is 2.02. The smallest absolute Gasteiger partial charge is 0.304 e. The molecule has 2 aromatic heterocycles. The molecule has 2 heterocycles. The third-order valence-electron chi connectivity index (χ3n) is 2.32. The highest BCUT2D eigenvalue weighted by Crippen LogP contribution is 2.26. The van der Waals surface area contributed by atoms with Crippen LogP contribution in [0.5, 0.6) is 0 Å². The second kappa shape index (κ2) is 4.10. The van der Waals surface area contributed by atoms with Gasteiger partial charge in [-0.2, -0.15) is 0 Å². The average Bonchev–Trinajstić information content (AvgIpc) is 2.70. The first kappa shape index (κ1) is 10.2. The van der Waals surface area contributed by atoms with Crippen LogP contribution in [-0.4, -0.2) is 15.0 Å². The van der Waals surface area contributed by atoms with Crippen molar-refractivity contribution in [3.05, 3.63) is 52.9 Å². The van der Waals surface area contributed by atoms with Crippen molar-refractivity contribution in [2.75, 3.05) is 0 Å². The van der Waals surface area contributed by atoms with Gasteiger partial charge < -0.3 is 4.98 Å². The minimum absolute atomic E-state index is 0.227. The largest absolute Gasteiger partial charge is 0.325 e. The van der Waals surface area contributed by atoms with Crippen LogP contribution in [0.25, 0.3) is 11.2 Å². The fourth-order valence-electron chi connectivity index (χ4n) is 1.56. The number of aromatic nitrogens is 3. The van der Waals surface area contributed by atoms with E-state index in [-0.39, 0.29) is 5.69 Å². The van der Waals surface area contributed by atoms with Gasteiger partial charge in [-0.15, -0.1) is 0 Å². The predicted molar refractivity (Wildman–Crippen MR) is 67.3 cm³/mol. The number of hydrogen-bond acceptors (Lipinski definition) is 3. The van der Waals surface area contributed by atoms with Crippen LogP contribution >= 0.6 is 11.8 Å². The second-order valence-corrected chi connectivity index (χ2v) is 4.63. The Morgan fingerprint density at radius 2 is 1.82 bits per heavy atom. The molecule has 3 rings (SSSR count). The van der Waals surface area contributed by atoms with Gasteiger partial charge in [0.1, 0.15) is 5.03 Å². The summed E-state index contributed by atoms with van der Waals surface area (Å²) in [6.45, 7) is 0. The molecule has 17 heavy (non-hydrogen) atoms. The topological polar surface area (TPSA) is 61.5 Å². The lowest BCUT2D eigenvalue weighted by molar-refractivity contribution is 1.14. The van der Waals surface area contributed by atoms with Gasteiger partial charge in [-0.1, -0.05) is 30.0 Å². The summed E-state index contributed by atoms with van der Waals surface area (Å²) in [5, 5.41) is 0.860. The molecule has 0 atom stereocenters. The fraction of sp³-hybridized carbons (Fsp3) is 0. The molecule has 0 saturated heterocycles. The Hall–Kier alpha value is -2.01. The van der Waals surface area contributed by atoms with Gasteiger partial charge in [0.05, 0.1) is 5.52 Å². The summed E-state index contributed by atoms with van der Waals surface area (Å²) in [5.41, 5.74) is 1.10. The van der Waals surface area contributed by atoms with Crippen LogP contribution < -0.4 is 5.69 Å². The van der Waals surface area contributed by atoms with Crippen LogP contribution in [0.4, 0.5) is 0 Å². The quantitative estimate of drug-likeness (QED) is 0.726. The maximum absolute atomic E-state index is 11.1. The molecule has 0 unspecified atom stereocenters. The van der Waals surface area contributed by atoms with E-state index in [9.17, 15) is 4.79 Å². The first-order valence-electron chi connectivity index (χ1n) is 5.13. The van der Waals surface area contributed by atoms with E-state index in [1.165, 1.54) is 0 Å². The summed E-state index contributed by atoms with van der Waals surface area (Å²) < 4.78 is 0. The maximum atomic E-state index is 11.1. The Balaban J connectivity index is 1.98. The number of hydrogen-bond donors (Lipinski definition) is 2. The van der Waals surface area contributed by atoms with Crippen LogP contribution in [0, 0.1) is 0 Å². The van der Waals surface area contributed by atoms with Gasteiger partial charge in [-0.05, 0) is 24.3 Å². The molecule has 0 saturated carbocycles. The number of aromatic amines is 2. The molecule has 0 spiro atoms. The summed E-state index contributed by atoms with van der Waals surface area (Å²) >= 11 is 1.56. The Bertz CT molecular complexity index is 702. The zero-order valence-electron chi connectivity index (χ0n) is 8.81. The van der Waals surface area contributed by atoms with E-state index in [1.807, 2.05) is 42.5 Å². The lowest BCUT2D eigenvalue weighted by Gasteiger charge is -1.99. The monoisotopic (exact) mass is 243 g/mol. The lowest BCUT2D eigenvalue weighted by atomic mass is 10.4. The summed E-state index contributed by atoms with van der Waals surface area (Å²) in [5.74, 6) is 0. The number of fused-ring (bicyclic) bond motifs is 1. The van der Waals surface area contributed by atoms with Gasteiger partial charge in [0.25, 0.3) is 0 Å².